The summed E-state index contributed by atoms with van der Waals surface area (Å²) in [5, 5.41) is 20.3. The fourth-order valence-corrected chi connectivity index (χ4v) is 1.45. The van der Waals surface area contributed by atoms with Crippen LogP contribution in [0.15, 0.2) is 5.16 Å². The highest BCUT2D eigenvalue weighted by Gasteiger charge is 2.26. The first-order valence-corrected chi connectivity index (χ1v) is 5.48. The van der Waals surface area contributed by atoms with Crippen LogP contribution in [0.5, 0.6) is 0 Å². The van der Waals surface area contributed by atoms with Gasteiger partial charge in [0.05, 0.1) is 19.1 Å². The number of hydrogen-bond acceptors (Lipinski definition) is 5. The van der Waals surface area contributed by atoms with Crippen LogP contribution in [0.4, 0.5) is 0 Å². The van der Waals surface area contributed by atoms with Crippen molar-refractivity contribution in [3.8, 4) is 0 Å². The Kier molecular flexibility index (Phi) is 8.08. The monoisotopic (exact) mass is 247 g/mol. The second kappa shape index (κ2) is 8.77. The number of hydrogen-bond donors (Lipinski definition) is 3. The molecule has 0 bridgehead atoms. The first-order chi connectivity index (χ1) is 8.12. The standard InChI is InChI=1S/C10H21N3O4/c1-3-8(9(11)12-16)10(15)13(4-6-14)5-7-17-2/h8,14,16H,3-7H2,1-2H3,(H2,11,12). The zero-order chi connectivity index (χ0) is 13.3. The Bertz CT molecular complexity index is 258. The topological polar surface area (TPSA) is 108 Å². The van der Waals surface area contributed by atoms with Crippen molar-refractivity contribution < 1.29 is 19.8 Å². The van der Waals surface area contributed by atoms with Gasteiger partial charge in [-0.05, 0) is 6.42 Å². The van der Waals surface area contributed by atoms with Gasteiger partial charge in [0.1, 0.15) is 0 Å². The summed E-state index contributed by atoms with van der Waals surface area (Å²) in [6.07, 6.45) is 0.434. The molecule has 0 saturated carbocycles. The summed E-state index contributed by atoms with van der Waals surface area (Å²) >= 11 is 0. The van der Waals surface area contributed by atoms with Crippen molar-refractivity contribution in [2.45, 2.75) is 13.3 Å². The van der Waals surface area contributed by atoms with E-state index in [4.69, 9.17) is 20.8 Å². The molecule has 0 heterocycles. The normalized spacial score (nSPS) is 13.5. The molecule has 0 aromatic heterocycles. The lowest BCUT2D eigenvalue weighted by atomic mass is 10.0. The number of oxime groups is 1. The van der Waals surface area contributed by atoms with Gasteiger partial charge in [-0.1, -0.05) is 12.1 Å². The van der Waals surface area contributed by atoms with Crippen LogP contribution in [0.25, 0.3) is 0 Å². The van der Waals surface area contributed by atoms with Crippen molar-refractivity contribution in [1.82, 2.24) is 4.90 Å². The molecule has 0 aromatic rings. The molecule has 0 spiro atoms. The maximum Gasteiger partial charge on any atom is 0.233 e. The van der Waals surface area contributed by atoms with Crippen LogP contribution < -0.4 is 5.73 Å². The van der Waals surface area contributed by atoms with Crippen LogP contribution >= 0.6 is 0 Å². The average molecular weight is 247 g/mol. The van der Waals surface area contributed by atoms with E-state index < -0.39 is 5.92 Å². The van der Waals surface area contributed by atoms with Gasteiger partial charge < -0.3 is 25.7 Å². The molecule has 1 unspecified atom stereocenters. The van der Waals surface area contributed by atoms with Gasteiger partial charge >= 0.3 is 0 Å². The number of nitrogens with two attached hydrogens (primary N) is 1. The first kappa shape index (κ1) is 15.7. The highest BCUT2D eigenvalue weighted by Crippen LogP contribution is 2.08. The molecule has 100 valence electrons. The van der Waals surface area contributed by atoms with Crippen LogP contribution in [-0.2, 0) is 9.53 Å². The fraction of sp³-hybridized carbons (Fsp3) is 0.800. The van der Waals surface area contributed by atoms with Crippen molar-refractivity contribution >= 4 is 11.7 Å². The molecule has 1 amide bonds. The molecule has 0 fully saturated rings. The molecule has 1 atom stereocenters. The van der Waals surface area contributed by atoms with E-state index in [2.05, 4.69) is 5.16 Å². The molecule has 0 aliphatic carbocycles. The van der Waals surface area contributed by atoms with E-state index in [0.29, 0.717) is 19.6 Å². The van der Waals surface area contributed by atoms with E-state index >= 15 is 0 Å². The summed E-state index contributed by atoms with van der Waals surface area (Å²) in [7, 11) is 1.53. The maximum atomic E-state index is 12.1. The second-order valence-electron chi connectivity index (χ2n) is 3.53. The van der Waals surface area contributed by atoms with E-state index in [-0.39, 0.29) is 24.9 Å². The van der Waals surface area contributed by atoms with E-state index in [0.717, 1.165) is 0 Å². The summed E-state index contributed by atoms with van der Waals surface area (Å²) in [5.41, 5.74) is 5.45. The third-order valence-electron chi connectivity index (χ3n) is 2.43. The van der Waals surface area contributed by atoms with E-state index in [1.165, 1.54) is 12.0 Å². The van der Waals surface area contributed by atoms with Gasteiger partial charge in [0.25, 0.3) is 0 Å². The average Bonchev–Trinajstić information content (AvgIpc) is 2.34. The molecule has 0 aromatic carbocycles. The Balaban J connectivity index is 4.66. The molecular weight excluding hydrogens is 226 g/mol. The Hall–Kier alpha value is -1.34. The highest BCUT2D eigenvalue weighted by molar-refractivity contribution is 6.02. The molecule has 7 nitrogen and oxygen atoms in total. The van der Waals surface area contributed by atoms with Crippen molar-refractivity contribution in [1.29, 1.82) is 0 Å². The van der Waals surface area contributed by atoms with Gasteiger partial charge in [-0.2, -0.15) is 0 Å². The number of aliphatic hydroxyl groups excluding tert-OH is 1. The van der Waals surface area contributed by atoms with Gasteiger partial charge in [-0.25, -0.2) is 0 Å². The minimum Gasteiger partial charge on any atom is -0.409 e. The Morgan fingerprint density at radius 2 is 2.18 bits per heavy atom. The first-order valence-electron chi connectivity index (χ1n) is 5.48. The summed E-state index contributed by atoms with van der Waals surface area (Å²) in [5.74, 6) is -1.05. The minimum absolute atomic E-state index is 0.113. The van der Waals surface area contributed by atoms with Gasteiger partial charge in [0.15, 0.2) is 5.84 Å². The minimum atomic E-state index is -0.664. The van der Waals surface area contributed by atoms with E-state index in [9.17, 15) is 4.79 Å². The second-order valence-corrected chi connectivity index (χ2v) is 3.53. The molecule has 0 aliphatic rings. The number of methoxy groups -OCH3 is 1. The lowest BCUT2D eigenvalue weighted by Crippen LogP contribution is -2.44. The van der Waals surface area contributed by atoms with Crippen molar-refractivity contribution in [3.63, 3.8) is 0 Å². The molecular formula is C10H21N3O4. The lowest BCUT2D eigenvalue weighted by Gasteiger charge is -2.25. The molecule has 0 aliphatic heterocycles. The number of amides is 1. The van der Waals surface area contributed by atoms with Gasteiger partial charge in [0, 0.05) is 20.2 Å². The van der Waals surface area contributed by atoms with Gasteiger partial charge in [-0.15, -0.1) is 0 Å². The van der Waals surface area contributed by atoms with Crippen LogP contribution in [0, 0.1) is 5.92 Å². The Morgan fingerprint density at radius 1 is 1.53 bits per heavy atom. The lowest BCUT2D eigenvalue weighted by molar-refractivity contribution is -0.134. The van der Waals surface area contributed by atoms with Crippen LogP contribution in [-0.4, -0.2) is 60.4 Å². The predicted molar refractivity (Wildman–Crippen MR) is 62.7 cm³/mol. The zero-order valence-corrected chi connectivity index (χ0v) is 10.3. The summed E-state index contributed by atoms with van der Waals surface area (Å²) < 4.78 is 4.88. The third kappa shape index (κ3) is 5.01. The molecule has 4 N–H and O–H groups in total. The molecule has 17 heavy (non-hydrogen) atoms. The van der Waals surface area contributed by atoms with Crippen molar-refractivity contribution in [2.75, 3.05) is 33.4 Å². The Morgan fingerprint density at radius 3 is 2.59 bits per heavy atom. The van der Waals surface area contributed by atoms with Crippen LogP contribution in [0.1, 0.15) is 13.3 Å². The number of rotatable bonds is 8. The number of amidine groups is 1. The summed E-state index contributed by atoms with van der Waals surface area (Å²) in [4.78, 5) is 13.5. The molecule has 0 saturated heterocycles. The van der Waals surface area contributed by atoms with E-state index in [1.807, 2.05) is 0 Å². The van der Waals surface area contributed by atoms with Crippen molar-refractivity contribution in [2.24, 2.45) is 16.8 Å². The Labute approximate surface area is 101 Å². The van der Waals surface area contributed by atoms with Crippen LogP contribution in [0.3, 0.4) is 0 Å². The number of aliphatic hydroxyl groups is 1. The molecule has 0 rings (SSSR count). The van der Waals surface area contributed by atoms with Gasteiger partial charge in [0.2, 0.25) is 5.91 Å². The van der Waals surface area contributed by atoms with Crippen molar-refractivity contribution in [3.05, 3.63) is 0 Å². The number of carbonyl (C=O) groups is 1. The maximum absolute atomic E-state index is 12.1. The summed E-state index contributed by atoms with van der Waals surface area (Å²) in [6.45, 7) is 2.58. The quantitative estimate of drug-likeness (QED) is 0.226. The smallest absolute Gasteiger partial charge is 0.233 e. The molecule has 0 radical (unpaired) electrons. The zero-order valence-electron chi connectivity index (χ0n) is 10.3. The fourth-order valence-electron chi connectivity index (χ4n) is 1.45. The SMILES string of the molecule is CCC(C(=O)N(CCO)CCOC)C(N)=NO. The number of ether oxygens (including phenoxy) is 1. The highest BCUT2D eigenvalue weighted by atomic mass is 16.5. The number of carbonyl (C=O) groups excluding carboxylic acids is 1. The van der Waals surface area contributed by atoms with Crippen LogP contribution in [0.2, 0.25) is 0 Å². The molecule has 7 heteroatoms. The largest absolute Gasteiger partial charge is 0.409 e. The third-order valence-corrected chi connectivity index (χ3v) is 2.43. The number of nitrogens with zero attached hydrogens (tertiary/aromatic N) is 2. The van der Waals surface area contributed by atoms with Gasteiger partial charge in [-0.3, -0.25) is 4.79 Å². The van der Waals surface area contributed by atoms with E-state index in [1.54, 1.807) is 6.92 Å². The summed E-state index contributed by atoms with van der Waals surface area (Å²) in [6, 6.07) is 0. The predicted octanol–water partition coefficient (Wildman–Crippen LogP) is -0.774.